The van der Waals surface area contributed by atoms with Gasteiger partial charge in [-0.2, -0.15) is 0 Å². The van der Waals surface area contributed by atoms with Gasteiger partial charge in [0, 0.05) is 38.5 Å². The molecule has 5 heteroatoms. The second kappa shape index (κ2) is 8.38. The van der Waals surface area contributed by atoms with Crippen LogP contribution in [0.3, 0.4) is 0 Å². The van der Waals surface area contributed by atoms with Crippen molar-refractivity contribution in [3.8, 4) is 0 Å². The molecule has 0 heterocycles. The summed E-state index contributed by atoms with van der Waals surface area (Å²) >= 11 is 0. The first-order chi connectivity index (χ1) is 13.2. The normalized spacial score (nSPS) is 40.5. The van der Waals surface area contributed by atoms with Crippen LogP contribution in [0.15, 0.2) is 11.6 Å². The summed E-state index contributed by atoms with van der Waals surface area (Å²) in [7, 11) is 0. The lowest BCUT2D eigenvalue weighted by Crippen LogP contribution is -2.45. The Labute approximate surface area is 168 Å². The van der Waals surface area contributed by atoms with Crippen molar-refractivity contribution in [1.82, 2.24) is 0 Å². The van der Waals surface area contributed by atoms with Gasteiger partial charge in [-0.05, 0) is 56.8 Å². The lowest BCUT2D eigenvalue weighted by Gasteiger charge is -2.49. The molecule has 2 fully saturated rings. The van der Waals surface area contributed by atoms with E-state index in [1.54, 1.807) is 0 Å². The zero-order chi connectivity index (χ0) is 20.5. The fraction of sp³-hybridized carbons (Fsp3) is 0.783. The minimum atomic E-state index is -0.342. The maximum absolute atomic E-state index is 12.5. The van der Waals surface area contributed by atoms with Gasteiger partial charge in [0.2, 0.25) is 0 Å². The van der Waals surface area contributed by atoms with Crippen molar-refractivity contribution in [3.05, 3.63) is 11.6 Å². The molecule has 0 aliphatic heterocycles. The van der Waals surface area contributed by atoms with Crippen molar-refractivity contribution in [2.45, 2.75) is 91.3 Å². The molecule has 0 amide bonds. The van der Waals surface area contributed by atoms with E-state index < -0.39 is 0 Å². The molecule has 0 saturated heterocycles. The van der Waals surface area contributed by atoms with Crippen LogP contribution >= 0.6 is 0 Å². The van der Waals surface area contributed by atoms with E-state index in [1.165, 1.54) is 19.4 Å². The number of hydrogen-bond acceptors (Lipinski definition) is 5. The molecule has 3 aliphatic rings. The third-order valence-electron chi connectivity index (χ3n) is 7.49. The largest absolute Gasteiger partial charge is 0.462 e. The highest BCUT2D eigenvalue weighted by atomic mass is 16.5. The number of Topliss-reactive ketones (excluding diaryl/α,β-unsaturated/α-hetero) is 1. The van der Waals surface area contributed by atoms with Crippen molar-refractivity contribution in [2.75, 3.05) is 0 Å². The van der Waals surface area contributed by atoms with E-state index >= 15 is 0 Å². The highest BCUT2D eigenvalue weighted by molar-refractivity contribution is 5.79. The Morgan fingerprint density at radius 1 is 1.07 bits per heavy atom. The van der Waals surface area contributed by atoms with Crippen LogP contribution in [0.1, 0.15) is 79.1 Å². The number of esters is 2. The molecule has 5 nitrogen and oxygen atoms in total. The standard InChI is InChI=1S/C23H34O5/c1-14-5-7-18(27-15(2)24)13-17(26)6-8-20-19(14)11-12-23(4)21(20)9-10-22(23)28-16(3)25/h5,18-22H,6-13H2,1-4H3/b14-5-/t18-,19+,20+,21-,22-,23-/m0/s1. The maximum Gasteiger partial charge on any atom is 0.302 e. The van der Waals surface area contributed by atoms with Crippen LogP contribution in [0.25, 0.3) is 0 Å². The molecule has 0 N–H and O–H groups in total. The summed E-state index contributed by atoms with van der Waals surface area (Å²) in [6.45, 7) is 7.37. The van der Waals surface area contributed by atoms with Crippen LogP contribution in [0, 0.1) is 23.2 Å². The van der Waals surface area contributed by atoms with Crippen molar-refractivity contribution in [1.29, 1.82) is 0 Å². The average molecular weight is 391 g/mol. The molecule has 0 aromatic heterocycles. The lowest BCUT2D eigenvalue weighted by atomic mass is 9.57. The molecule has 6 atom stereocenters. The van der Waals surface area contributed by atoms with Gasteiger partial charge in [0.25, 0.3) is 0 Å². The van der Waals surface area contributed by atoms with Gasteiger partial charge in [0.1, 0.15) is 18.0 Å². The monoisotopic (exact) mass is 390 g/mol. The van der Waals surface area contributed by atoms with Crippen LogP contribution in [-0.4, -0.2) is 29.9 Å². The average Bonchev–Trinajstić information content (AvgIpc) is 2.92. The molecule has 2 saturated carbocycles. The van der Waals surface area contributed by atoms with E-state index in [9.17, 15) is 14.4 Å². The summed E-state index contributed by atoms with van der Waals surface area (Å²) in [6, 6.07) is 0. The number of carbonyl (C=O) groups excluding carboxylic acids is 3. The summed E-state index contributed by atoms with van der Waals surface area (Å²) in [4.78, 5) is 35.5. The first kappa shape index (κ1) is 21.1. The predicted octanol–water partition coefficient (Wildman–Crippen LogP) is 4.38. The smallest absolute Gasteiger partial charge is 0.302 e. The molecule has 0 radical (unpaired) electrons. The number of ketones is 1. The fourth-order valence-corrected chi connectivity index (χ4v) is 6.16. The Morgan fingerprint density at radius 2 is 1.79 bits per heavy atom. The van der Waals surface area contributed by atoms with Crippen molar-refractivity contribution < 1.29 is 23.9 Å². The second-order valence-electron chi connectivity index (χ2n) is 9.29. The summed E-state index contributed by atoms with van der Waals surface area (Å²) in [5, 5.41) is 0. The van der Waals surface area contributed by atoms with E-state index in [0.29, 0.717) is 37.0 Å². The van der Waals surface area contributed by atoms with Gasteiger partial charge in [-0.15, -0.1) is 0 Å². The molecule has 0 spiro atoms. The number of rotatable bonds is 2. The molecular weight excluding hydrogens is 356 g/mol. The Morgan fingerprint density at radius 3 is 2.46 bits per heavy atom. The molecule has 28 heavy (non-hydrogen) atoms. The zero-order valence-corrected chi connectivity index (χ0v) is 17.7. The quantitative estimate of drug-likeness (QED) is 0.517. The van der Waals surface area contributed by atoms with Gasteiger partial charge in [-0.25, -0.2) is 0 Å². The van der Waals surface area contributed by atoms with E-state index in [4.69, 9.17) is 9.47 Å². The first-order valence-corrected chi connectivity index (χ1v) is 10.7. The molecule has 0 aromatic rings. The van der Waals surface area contributed by atoms with Gasteiger partial charge >= 0.3 is 11.9 Å². The van der Waals surface area contributed by atoms with Crippen LogP contribution in [-0.2, 0) is 23.9 Å². The number of carbonyl (C=O) groups is 3. The Hall–Kier alpha value is -1.65. The summed E-state index contributed by atoms with van der Waals surface area (Å²) < 4.78 is 11.1. The highest BCUT2D eigenvalue weighted by Gasteiger charge is 2.55. The van der Waals surface area contributed by atoms with Crippen LogP contribution in [0.2, 0.25) is 0 Å². The van der Waals surface area contributed by atoms with Gasteiger partial charge in [0.05, 0.1) is 0 Å². The summed E-state index contributed by atoms with van der Waals surface area (Å²) in [5.41, 5.74) is 1.37. The Bertz CT molecular complexity index is 666. The number of allylic oxidation sites excluding steroid dienone is 1. The summed E-state index contributed by atoms with van der Waals surface area (Å²) in [5.74, 6) is 1.05. The molecule has 0 bridgehead atoms. The van der Waals surface area contributed by atoms with Gasteiger partial charge in [-0.1, -0.05) is 18.6 Å². The highest BCUT2D eigenvalue weighted by Crippen LogP contribution is 2.59. The van der Waals surface area contributed by atoms with Gasteiger partial charge in [-0.3, -0.25) is 14.4 Å². The minimum absolute atomic E-state index is 0.000287. The van der Waals surface area contributed by atoms with Crippen LogP contribution < -0.4 is 0 Å². The fourth-order valence-electron chi connectivity index (χ4n) is 6.16. The Kier molecular flexibility index (Phi) is 6.31. The van der Waals surface area contributed by atoms with Crippen molar-refractivity contribution >= 4 is 17.7 Å². The van der Waals surface area contributed by atoms with Crippen molar-refractivity contribution in [3.63, 3.8) is 0 Å². The van der Waals surface area contributed by atoms with Crippen LogP contribution in [0.4, 0.5) is 0 Å². The molecule has 3 aliphatic carbocycles. The molecule has 156 valence electrons. The third kappa shape index (κ3) is 4.33. The van der Waals surface area contributed by atoms with Crippen molar-refractivity contribution in [2.24, 2.45) is 23.2 Å². The Balaban J connectivity index is 1.82. The summed E-state index contributed by atoms with van der Waals surface area (Å²) in [6.07, 6.45) is 8.26. The van der Waals surface area contributed by atoms with Gasteiger partial charge in [0.15, 0.2) is 0 Å². The van der Waals surface area contributed by atoms with E-state index in [0.717, 1.165) is 32.1 Å². The molecule has 3 rings (SSSR count). The first-order valence-electron chi connectivity index (χ1n) is 10.7. The van der Waals surface area contributed by atoms with E-state index in [1.807, 2.05) is 0 Å². The molecular formula is C23H34O5. The van der Waals surface area contributed by atoms with E-state index in [2.05, 4.69) is 19.9 Å². The molecule has 0 unspecified atom stereocenters. The number of ether oxygens (including phenoxy) is 2. The van der Waals surface area contributed by atoms with E-state index in [-0.39, 0.29) is 35.3 Å². The zero-order valence-electron chi connectivity index (χ0n) is 17.7. The third-order valence-corrected chi connectivity index (χ3v) is 7.49. The van der Waals surface area contributed by atoms with Crippen LogP contribution in [0.5, 0.6) is 0 Å². The SMILES string of the molecule is CC(=O)O[C@H]1C/C=C(/C)[C@H]2CC[C@]3(C)[C@@H](OC(C)=O)CC[C@H]3[C@@H]2CCC(=O)C1. The lowest BCUT2D eigenvalue weighted by molar-refractivity contribution is -0.155. The minimum Gasteiger partial charge on any atom is -0.462 e. The van der Waals surface area contributed by atoms with Gasteiger partial charge < -0.3 is 9.47 Å². The number of hydrogen-bond donors (Lipinski definition) is 0. The second-order valence-corrected chi connectivity index (χ2v) is 9.29. The number of fused-ring (bicyclic) bond motifs is 3. The molecule has 0 aromatic carbocycles. The maximum atomic E-state index is 12.5. The topological polar surface area (TPSA) is 69.7 Å². The predicted molar refractivity (Wildman–Crippen MR) is 105 cm³/mol.